The molecule has 0 saturated carbocycles. The molecule has 3 aromatic heterocycles. The summed E-state index contributed by atoms with van der Waals surface area (Å²) >= 11 is 0. The van der Waals surface area contributed by atoms with Crippen molar-refractivity contribution in [3.63, 3.8) is 0 Å². The minimum Gasteiger partial charge on any atom is -0.489 e. The van der Waals surface area contributed by atoms with Gasteiger partial charge in [-0.25, -0.2) is 4.98 Å². The number of fused-ring (bicyclic) bond motifs is 3. The summed E-state index contributed by atoms with van der Waals surface area (Å²) in [6, 6.07) is 19.8. The van der Waals surface area contributed by atoms with Crippen molar-refractivity contribution >= 4 is 38.8 Å². The van der Waals surface area contributed by atoms with E-state index in [2.05, 4.69) is 19.7 Å². The van der Waals surface area contributed by atoms with Crippen LogP contribution in [0.3, 0.4) is 0 Å². The number of carbonyl (C=O) groups is 1. The second-order valence-electron chi connectivity index (χ2n) is 9.09. The first-order valence-electron chi connectivity index (χ1n) is 12.5. The Hall–Kier alpha value is -4.96. The van der Waals surface area contributed by atoms with Crippen molar-refractivity contribution in [2.24, 2.45) is 5.73 Å². The first kappa shape index (κ1) is 25.7. The third-order valence-corrected chi connectivity index (χ3v) is 6.21. The van der Waals surface area contributed by atoms with E-state index in [1.807, 2.05) is 66.9 Å². The van der Waals surface area contributed by atoms with Crippen LogP contribution in [-0.2, 0) is 17.9 Å². The lowest BCUT2D eigenvalue weighted by Crippen LogP contribution is -2.11. The third-order valence-electron chi connectivity index (χ3n) is 6.21. The van der Waals surface area contributed by atoms with Gasteiger partial charge in [0, 0.05) is 41.5 Å². The van der Waals surface area contributed by atoms with Gasteiger partial charge in [0.15, 0.2) is 0 Å². The first-order valence-corrected chi connectivity index (χ1v) is 12.5. The van der Waals surface area contributed by atoms with E-state index in [-0.39, 0.29) is 5.56 Å². The Morgan fingerprint density at radius 2 is 1.90 bits per heavy atom. The van der Waals surface area contributed by atoms with Crippen molar-refractivity contribution < 1.29 is 14.6 Å². The van der Waals surface area contributed by atoms with E-state index >= 15 is 0 Å². The fourth-order valence-corrected chi connectivity index (χ4v) is 4.45. The zero-order valence-corrected chi connectivity index (χ0v) is 21.3. The zero-order valence-electron chi connectivity index (χ0n) is 21.3. The van der Waals surface area contributed by atoms with E-state index in [1.54, 1.807) is 6.20 Å². The Bertz CT molecular complexity index is 1820. The molecular formula is C29H28N6O4. The van der Waals surface area contributed by atoms with Crippen molar-refractivity contribution in [1.29, 1.82) is 0 Å². The number of carboxylic acids is 1. The molecule has 10 heteroatoms. The highest BCUT2D eigenvalue weighted by atomic mass is 16.5. The molecule has 6 aromatic rings. The van der Waals surface area contributed by atoms with Gasteiger partial charge in [0.05, 0.1) is 22.7 Å². The van der Waals surface area contributed by atoms with E-state index < -0.39 is 5.97 Å². The van der Waals surface area contributed by atoms with E-state index in [4.69, 9.17) is 25.4 Å². The molecule has 0 atom stereocenters. The predicted molar refractivity (Wildman–Crippen MR) is 151 cm³/mol. The van der Waals surface area contributed by atoms with Crippen LogP contribution in [-0.4, -0.2) is 42.4 Å². The number of nitrogens with two attached hydrogens (primary N) is 1. The number of H-pyrrole nitrogens is 2. The van der Waals surface area contributed by atoms with Crippen molar-refractivity contribution in [3.05, 3.63) is 89.0 Å². The molecule has 39 heavy (non-hydrogen) atoms. The summed E-state index contributed by atoms with van der Waals surface area (Å²) in [5.41, 5.74) is 11.0. The number of rotatable bonds is 7. The smallest absolute Gasteiger partial charge is 0.300 e. The van der Waals surface area contributed by atoms with Crippen LogP contribution < -0.4 is 16.0 Å². The number of aromatic nitrogens is 5. The molecule has 0 unspecified atom stereocenters. The SMILES string of the molecule is CC(=O)O.NCCCn1cc(-c2nc3cc4[nH]ncc4cc3[nH]c2=O)c2cc(OCc3ccccc3)ccc21. The largest absolute Gasteiger partial charge is 0.489 e. The number of ether oxygens (including phenoxy) is 1. The number of benzene rings is 3. The molecular weight excluding hydrogens is 496 g/mol. The summed E-state index contributed by atoms with van der Waals surface area (Å²) in [5.74, 6) is -0.101. The van der Waals surface area contributed by atoms with Gasteiger partial charge in [-0.05, 0) is 48.9 Å². The number of aryl methyl sites for hydroxylation is 1. The lowest BCUT2D eigenvalue weighted by Gasteiger charge is -2.08. The van der Waals surface area contributed by atoms with E-state index in [0.717, 1.165) is 58.6 Å². The van der Waals surface area contributed by atoms with Gasteiger partial charge in [0.25, 0.3) is 11.5 Å². The summed E-state index contributed by atoms with van der Waals surface area (Å²) < 4.78 is 8.20. The van der Waals surface area contributed by atoms with Crippen molar-refractivity contribution in [1.82, 2.24) is 24.7 Å². The highest BCUT2D eigenvalue weighted by molar-refractivity contribution is 5.98. The van der Waals surface area contributed by atoms with Crippen molar-refractivity contribution in [2.45, 2.75) is 26.5 Å². The molecule has 198 valence electrons. The van der Waals surface area contributed by atoms with Crippen LogP contribution >= 0.6 is 0 Å². The Balaban J connectivity index is 0.000000723. The number of nitrogens with one attached hydrogen (secondary N) is 2. The molecule has 0 amide bonds. The van der Waals surface area contributed by atoms with E-state index in [9.17, 15) is 4.79 Å². The van der Waals surface area contributed by atoms with E-state index in [1.165, 1.54) is 0 Å². The number of aromatic amines is 2. The number of carboxylic acid groups (broad SMARTS) is 1. The van der Waals surface area contributed by atoms with Crippen LogP contribution in [0.4, 0.5) is 0 Å². The fraction of sp³-hybridized carbons (Fsp3) is 0.172. The molecule has 0 radical (unpaired) electrons. The maximum atomic E-state index is 13.2. The standard InChI is InChI=1S/C27H24N6O2.C2H4O2/c28-9-4-10-33-15-21(20-12-19(7-8-25(20)33)35-16-17-5-2-1-3-6-17)26-27(34)31-23-11-18-14-29-32-22(18)13-24(23)30-26;1-2(3)4/h1-3,5-8,11-15H,4,9-10,16,28H2,(H,29,32)(H,31,34);1H3,(H,3,4). The Kier molecular flexibility index (Phi) is 7.37. The average Bonchev–Trinajstić information content (AvgIpc) is 3.53. The number of nitrogens with zero attached hydrogens (tertiary/aromatic N) is 3. The molecule has 5 N–H and O–H groups in total. The van der Waals surface area contributed by atoms with Gasteiger partial charge in [-0.15, -0.1) is 0 Å². The molecule has 0 bridgehead atoms. The molecule has 3 aromatic carbocycles. The molecule has 0 fully saturated rings. The van der Waals surface area contributed by atoms with Crippen LogP contribution in [0.1, 0.15) is 18.9 Å². The zero-order chi connectivity index (χ0) is 27.4. The summed E-state index contributed by atoms with van der Waals surface area (Å²) in [7, 11) is 0. The quantitative estimate of drug-likeness (QED) is 0.241. The Morgan fingerprint density at radius 3 is 2.67 bits per heavy atom. The maximum Gasteiger partial charge on any atom is 0.300 e. The van der Waals surface area contributed by atoms with Gasteiger partial charge in [0.1, 0.15) is 18.1 Å². The summed E-state index contributed by atoms with van der Waals surface area (Å²) in [5, 5.41) is 16.3. The minimum atomic E-state index is -0.833. The summed E-state index contributed by atoms with van der Waals surface area (Å²) in [4.78, 5) is 29.9. The van der Waals surface area contributed by atoms with Gasteiger partial charge in [0.2, 0.25) is 0 Å². The number of hydrogen-bond acceptors (Lipinski definition) is 6. The normalized spacial score (nSPS) is 11.0. The molecule has 0 aliphatic carbocycles. The molecule has 0 spiro atoms. The second kappa shape index (κ2) is 11.2. The topological polar surface area (TPSA) is 152 Å². The second-order valence-corrected chi connectivity index (χ2v) is 9.09. The summed E-state index contributed by atoms with van der Waals surface area (Å²) in [6.07, 6.45) is 4.54. The third kappa shape index (κ3) is 5.65. The Labute approximate surface area is 223 Å². The monoisotopic (exact) mass is 524 g/mol. The lowest BCUT2D eigenvalue weighted by molar-refractivity contribution is -0.134. The van der Waals surface area contributed by atoms with Crippen LogP contribution in [0.15, 0.2) is 77.9 Å². The van der Waals surface area contributed by atoms with Crippen LogP contribution in [0.2, 0.25) is 0 Å². The van der Waals surface area contributed by atoms with Crippen molar-refractivity contribution in [2.75, 3.05) is 6.54 Å². The Morgan fingerprint density at radius 1 is 1.10 bits per heavy atom. The molecule has 10 nitrogen and oxygen atoms in total. The predicted octanol–water partition coefficient (Wildman–Crippen LogP) is 4.44. The fourth-order valence-electron chi connectivity index (χ4n) is 4.45. The highest BCUT2D eigenvalue weighted by Crippen LogP contribution is 2.32. The minimum absolute atomic E-state index is 0.242. The van der Waals surface area contributed by atoms with Crippen LogP contribution in [0, 0.1) is 0 Å². The lowest BCUT2D eigenvalue weighted by atomic mass is 10.1. The van der Waals surface area contributed by atoms with Gasteiger partial charge in [-0.3, -0.25) is 14.7 Å². The molecule has 6 rings (SSSR count). The number of hydrogen-bond donors (Lipinski definition) is 4. The molecule has 3 heterocycles. The van der Waals surface area contributed by atoms with Crippen LogP contribution in [0.5, 0.6) is 5.75 Å². The van der Waals surface area contributed by atoms with Crippen molar-refractivity contribution in [3.8, 4) is 17.0 Å². The van der Waals surface area contributed by atoms with Gasteiger partial charge in [-0.1, -0.05) is 30.3 Å². The van der Waals surface area contributed by atoms with Crippen LogP contribution in [0.25, 0.3) is 44.1 Å². The molecule has 0 aliphatic rings. The molecule has 0 saturated heterocycles. The van der Waals surface area contributed by atoms with Gasteiger partial charge >= 0.3 is 0 Å². The first-order chi connectivity index (χ1) is 18.9. The van der Waals surface area contributed by atoms with E-state index in [0.29, 0.717) is 29.9 Å². The maximum absolute atomic E-state index is 13.2. The summed E-state index contributed by atoms with van der Waals surface area (Å²) in [6.45, 7) is 2.88. The van der Waals surface area contributed by atoms with Gasteiger partial charge in [-0.2, -0.15) is 5.10 Å². The molecule has 0 aliphatic heterocycles. The average molecular weight is 525 g/mol. The van der Waals surface area contributed by atoms with Gasteiger partial charge < -0.3 is 25.1 Å². The number of aliphatic carboxylic acids is 1. The highest BCUT2D eigenvalue weighted by Gasteiger charge is 2.17.